The number of carbonyl (C=O) groups is 11. The smallest absolute Gasteiger partial charge is 0.323 e. The first kappa shape index (κ1) is 83.4. The summed E-state index contributed by atoms with van der Waals surface area (Å²) >= 11 is 1.41. The van der Waals surface area contributed by atoms with Crippen molar-refractivity contribution in [1.82, 2.24) is 56.0 Å². The second-order valence-electron chi connectivity index (χ2n) is 26.3. The molecule has 0 aliphatic rings. The molecule has 0 radical (unpaired) electrons. The number of thioether (sulfide) groups is 1. The molecule has 0 aromatic rings. The van der Waals surface area contributed by atoms with Crippen LogP contribution in [0.4, 0.5) is 4.79 Å². The molecular weight excluding hydrogens is 1160 g/mol. The van der Waals surface area contributed by atoms with Gasteiger partial charge in [0.05, 0.1) is 0 Å². The van der Waals surface area contributed by atoms with E-state index in [1.165, 1.54) is 92.4 Å². The Morgan fingerprint density at radius 2 is 0.944 bits per heavy atom. The fourth-order valence-corrected chi connectivity index (χ4v) is 11.5. The molecule has 1 unspecified atom stereocenters. The Morgan fingerprint density at radius 1 is 0.472 bits per heavy atom. The summed E-state index contributed by atoms with van der Waals surface area (Å²) < 4.78 is 0. The van der Waals surface area contributed by atoms with Crippen LogP contribution in [0.15, 0.2) is 0 Å². The van der Waals surface area contributed by atoms with E-state index in [1.54, 1.807) is 27.8 Å². The minimum Gasteiger partial charge on any atom is -0.396 e. The second-order valence-corrected chi connectivity index (χ2v) is 27.5. The third kappa shape index (κ3) is 28.7. The topological polar surface area (TPSA) is 314 Å². The maximum absolute atomic E-state index is 15.1. The number of nitrogens with two attached hydrogens (primary N) is 1. The molecule has 514 valence electrons. The maximum Gasteiger partial charge on any atom is 0.323 e. The van der Waals surface area contributed by atoms with Gasteiger partial charge < -0.3 is 61.9 Å². The molecule has 0 fully saturated rings. The van der Waals surface area contributed by atoms with Gasteiger partial charge in [0.1, 0.15) is 54.4 Å². The molecule has 0 aromatic carbocycles. The van der Waals surface area contributed by atoms with E-state index in [2.05, 4.69) is 33.5 Å². The Morgan fingerprint density at radius 3 is 1.44 bits per heavy atom. The zero-order valence-corrected chi connectivity index (χ0v) is 59.1. The summed E-state index contributed by atoms with van der Waals surface area (Å²) in [5, 5.41) is 23.1. The Balaban J connectivity index is 6.94. The molecule has 25 heteroatoms. The van der Waals surface area contributed by atoms with Crippen molar-refractivity contribution in [2.45, 2.75) is 235 Å². The van der Waals surface area contributed by atoms with Crippen LogP contribution in [0.1, 0.15) is 180 Å². The summed E-state index contributed by atoms with van der Waals surface area (Å²) in [5.74, 6) is -5.70. The van der Waals surface area contributed by atoms with Gasteiger partial charge in [-0.25, -0.2) is 4.79 Å². The quantitative estimate of drug-likeness (QED) is 0.0412. The normalized spacial score (nSPS) is 14.9. The molecule has 0 aromatic heterocycles. The Bertz CT molecular complexity index is 2260. The molecule has 0 saturated heterocycles. The number of amides is 12. The van der Waals surface area contributed by atoms with Crippen molar-refractivity contribution in [3.05, 3.63) is 0 Å². The number of aliphatic hydroxyl groups excluding tert-OH is 1. The fourth-order valence-electron chi connectivity index (χ4n) is 10.4. The average Bonchev–Trinajstić information content (AvgIpc) is 2.19. The number of hydrogen-bond acceptors (Lipinski definition) is 14. The molecule has 0 spiro atoms. The molecule has 0 bridgehead atoms. The van der Waals surface area contributed by atoms with Gasteiger partial charge in [0, 0.05) is 68.1 Å². The van der Waals surface area contributed by atoms with Crippen LogP contribution in [0.3, 0.4) is 0 Å². The summed E-state index contributed by atoms with van der Waals surface area (Å²) in [4.78, 5) is 162. The average molecular weight is 1280 g/mol. The molecule has 0 rings (SSSR count). The Labute approximate surface area is 538 Å². The molecular formula is C64H120N12O12S. The van der Waals surface area contributed by atoms with Crippen molar-refractivity contribution in [1.29, 1.82) is 0 Å². The van der Waals surface area contributed by atoms with E-state index in [-0.39, 0.29) is 80.0 Å². The number of imide groups is 1. The Hall–Kier alpha value is -5.56. The molecule has 8 N–H and O–H groups in total. The molecule has 0 aliphatic carbocycles. The first-order valence-electron chi connectivity index (χ1n) is 32.4. The van der Waals surface area contributed by atoms with Crippen LogP contribution < -0.4 is 32.3 Å². The summed E-state index contributed by atoms with van der Waals surface area (Å²) in [6, 6.07) is -10.6. The number of unbranched alkanes of at least 4 members (excludes halogenated alkanes) is 4. The van der Waals surface area contributed by atoms with Crippen molar-refractivity contribution in [2.75, 3.05) is 74.0 Å². The molecule has 0 heterocycles. The van der Waals surface area contributed by atoms with E-state index in [0.29, 0.717) is 31.6 Å². The van der Waals surface area contributed by atoms with E-state index in [9.17, 15) is 53.1 Å². The van der Waals surface area contributed by atoms with Gasteiger partial charge in [-0.2, -0.15) is 11.8 Å². The third-order valence-electron chi connectivity index (χ3n) is 16.1. The third-order valence-corrected chi connectivity index (χ3v) is 17.2. The van der Waals surface area contributed by atoms with Gasteiger partial charge in [-0.3, -0.25) is 52.8 Å². The molecule has 0 saturated carbocycles. The Kier molecular flexibility index (Phi) is 39.8. The van der Waals surface area contributed by atoms with Gasteiger partial charge in [0.25, 0.3) is 5.91 Å². The van der Waals surface area contributed by atoms with Crippen LogP contribution in [-0.2, 0) is 47.9 Å². The van der Waals surface area contributed by atoms with Crippen molar-refractivity contribution in [2.24, 2.45) is 41.2 Å². The summed E-state index contributed by atoms with van der Waals surface area (Å²) in [7, 11) is 10.1. The first-order valence-corrected chi connectivity index (χ1v) is 33.5. The molecule has 10 atom stereocenters. The van der Waals surface area contributed by atoms with E-state index < -0.39 is 119 Å². The molecule has 24 nitrogen and oxygen atoms in total. The summed E-state index contributed by atoms with van der Waals surface area (Å²) in [6.07, 6.45) is 7.24. The maximum atomic E-state index is 15.1. The molecule has 12 amide bonds. The first-order chi connectivity index (χ1) is 41.5. The number of hydrogen-bond donors (Lipinski definition) is 7. The van der Waals surface area contributed by atoms with Crippen molar-refractivity contribution in [3.8, 4) is 0 Å². The molecule has 89 heavy (non-hydrogen) atoms. The number of carbonyl (C=O) groups excluding carboxylic acids is 11. The van der Waals surface area contributed by atoms with Crippen LogP contribution >= 0.6 is 11.8 Å². The van der Waals surface area contributed by atoms with E-state index in [0.717, 1.165) is 37.0 Å². The van der Waals surface area contributed by atoms with Gasteiger partial charge in [0.2, 0.25) is 53.2 Å². The SMILES string of the molecule is CC[C@H](NC(=O)C(C[C@H](C)CCCCCCN)N(C)C(=O)CC(C)C)C(=O)N(C)[C@H](CSCCCCO)C(=O)N(C)[C@@H](CC(C)C)C(=O)N[C@H](C(=O)N(C)[C@@H](CC(C)C)C(=O)N[C@H](C)C(=O)N[C@@H](C)C(=O)N(C)[C@@H](CC(C)C)C(=O)N(C)C(=O)NC)C(C)C. The lowest BCUT2D eigenvalue weighted by Gasteiger charge is -2.38. The number of likely N-dealkylation sites (N-methyl/N-ethyl adjacent to an activating group) is 6. The van der Waals surface area contributed by atoms with Crippen LogP contribution in [-0.4, -0.2) is 228 Å². The van der Waals surface area contributed by atoms with Gasteiger partial charge in [-0.1, -0.05) is 109 Å². The van der Waals surface area contributed by atoms with Crippen molar-refractivity contribution < 1.29 is 57.8 Å². The van der Waals surface area contributed by atoms with Gasteiger partial charge in [-0.05, 0) is 113 Å². The van der Waals surface area contributed by atoms with Gasteiger partial charge >= 0.3 is 6.03 Å². The number of aliphatic hydroxyl groups is 1. The highest BCUT2D eigenvalue weighted by molar-refractivity contribution is 7.99. The predicted molar refractivity (Wildman–Crippen MR) is 352 cm³/mol. The minimum absolute atomic E-state index is 0.0167. The van der Waals surface area contributed by atoms with Gasteiger partial charge in [-0.15, -0.1) is 0 Å². The number of rotatable bonds is 42. The fraction of sp³-hybridized carbons (Fsp3) is 0.828. The van der Waals surface area contributed by atoms with Crippen molar-refractivity contribution in [3.63, 3.8) is 0 Å². The highest BCUT2D eigenvalue weighted by atomic mass is 32.2. The zero-order chi connectivity index (χ0) is 68.7. The summed E-state index contributed by atoms with van der Waals surface area (Å²) in [6.45, 7) is 25.8. The number of nitrogens with one attached hydrogen (secondary N) is 5. The van der Waals surface area contributed by atoms with Crippen LogP contribution in [0.2, 0.25) is 0 Å². The largest absolute Gasteiger partial charge is 0.396 e. The number of urea groups is 1. The monoisotopic (exact) mass is 1280 g/mol. The lowest BCUT2D eigenvalue weighted by atomic mass is 9.93. The van der Waals surface area contributed by atoms with Crippen LogP contribution in [0.5, 0.6) is 0 Å². The standard InChI is InChI=1S/C64H120N12O12S/c1-22-47(69-57(81)50(71(16)53(78)36-42(8)9)37-44(12)29-25-23-24-26-30-65)60(84)75(20)52(38-89-32-28-27-31-77)62(86)72(17)49(34-40(4)5)58(82)70-54(43(10)11)63(87)73(18)48(33-39(2)3)56(80)67-45(13)55(79)68-46(14)59(83)74(19)51(35-41(6)7)61(85)76(21)64(88)66-15/h39-52,54,77H,22-38,65H2,1-21H3,(H,66,88)(H,67,80)(H,68,79)(H,69,81)(H,70,82)/t44-,45-,46+,47+,48+,49+,50?,51+,52-,54+/m1/s1. The number of nitrogens with zero attached hydrogens (tertiary/aromatic N) is 6. The second kappa shape index (κ2) is 42.5. The van der Waals surface area contributed by atoms with E-state index in [4.69, 9.17) is 5.73 Å². The van der Waals surface area contributed by atoms with E-state index >= 15 is 4.79 Å². The van der Waals surface area contributed by atoms with Crippen LogP contribution in [0.25, 0.3) is 0 Å². The highest BCUT2D eigenvalue weighted by Gasteiger charge is 2.42. The highest BCUT2D eigenvalue weighted by Crippen LogP contribution is 2.24. The lowest BCUT2D eigenvalue weighted by molar-refractivity contribution is -0.149. The predicted octanol–water partition coefficient (Wildman–Crippen LogP) is 4.59. The van der Waals surface area contributed by atoms with Crippen molar-refractivity contribution >= 4 is 76.9 Å². The lowest BCUT2D eigenvalue weighted by Crippen LogP contribution is -2.62. The van der Waals surface area contributed by atoms with Gasteiger partial charge in [0.15, 0.2) is 0 Å². The minimum atomic E-state index is -1.21. The molecule has 0 aliphatic heterocycles. The zero-order valence-electron chi connectivity index (χ0n) is 58.3. The van der Waals surface area contributed by atoms with Crippen LogP contribution in [0, 0.1) is 35.5 Å². The summed E-state index contributed by atoms with van der Waals surface area (Å²) in [5.41, 5.74) is 5.70. The van der Waals surface area contributed by atoms with E-state index in [1.807, 2.05) is 55.4 Å².